The molecule has 1 N–H and O–H groups in total. The van der Waals surface area contributed by atoms with Crippen molar-refractivity contribution in [1.82, 2.24) is 9.21 Å². The number of rotatable bonds is 7. The monoisotopic (exact) mass is 486 g/mol. The molecule has 2 aromatic carbocycles. The van der Waals surface area contributed by atoms with E-state index in [1.54, 1.807) is 44.0 Å². The minimum atomic E-state index is -3.90. The summed E-state index contributed by atoms with van der Waals surface area (Å²) in [4.78, 5) is 13.9. The molecule has 0 fully saturated rings. The summed E-state index contributed by atoms with van der Waals surface area (Å²) >= 11 is 0. The zero-order valence-electron chi connectivity index (χ0n) is 20.2. The van der Waals surface area contributed by atoms with Crippen LogP contribution in [0.3, 0.4) is 0 Å². The Hall–Kier alpha value is -2.68. The van der Waals surface area contributed by atoms with E-state index in [9.17, 15) is 18.3 Å². The normalized spacial score (nSPS) is 21.2. The molecule has 0 radical (unpaired) electrons. The molecule has 1 heterocycles. The van der Waals surface area contributed by atoms with Crippen LogP contribution in [0.4, 0.5) is 0 Å². The van der Waals surface area contributed by atoms with Gasteiger partial charge >= 0.3 is 0 Å². The Balaban J connectivity index is 2.04. The number of hydrogen-bond acceptors (Lipinski definition) is 5. The molecule has 1 aliphatic heterocycles. The van der Waals surface area contributed by atoms with Crippen LogP contribution in [0, 0.1) is 5.92 Å². The van der Waals surface area contributed by atoms with Crippen LogP contribution in [-0.2, 0) is 14.8 Å². The van der Waals surface area contributed by atoms with Crippen molar-refractivity contribution in [3.8, 4) is 5.75 Å². The highest BCUT2D eigenvalue weighted by Crippen LogP contribution is 2.34. The number of nitrogens with zero attached hydrogens (tertiary/aromatic N) is 2. The van der Waals surface area contributed by atoms with E-state index in [0.29, 0.717) is 13.0 Å². The highest BCUT2D eigenvalue weighted by Gasteiger charge is 2.38. The van der Waals surface area contributed by atoms with Gasteiger partial charge in [0.15, 0.2) is 0 Å². The Kier molecular flexibility index (Phi) is 8.52. The molecule has 2 aromatic rings. The van der Waals surface area contributed by atoms with E-state index in [1.165, 1.54) is 4.31 Å². The lowest BCUT2D eigenvalue weighted by atomic mass is 10.0. The lowest BCUT2D eigenvalue weighted by Crippen LogP contribution is -2.50. The van der Waals surface area contributed by atoms with E-state index >= 15 is 0 Å². The fourth-order valence-electron chi connectivity index (χ4n) is 3.96. The van der Waals surface area contributed by atoms with Crippen LogP contribution in [0.2, 0.25) is 0 Å². The Labute approximate surface area is 202 Å². The largest absolute Gasteiger partial charge is 0.487 e. The summed E-state index contributed by atoms with van der Waals surface area (Å²) in [5, 5.41) is 9.75. The van der Waals surface area contributed by atoms with Gasteiger partial charge in [0.2, 0.25) is 15.9 Å². The SMILES string of the molecule is CCC(=O)N(C)C[C@@H]1Oc2cc(/C=C/c3ccccc3)ccc2S(=O)(=O)N([C@H](C)CO)C[C@@H]1C. The smallest absolute Gasteiger partial charge is 0.247 e. The molecular formula is C26H34N2O5S. The van der Waals surface area contributed by atoms with Crippen molar-refractivity contribution in [3.63, 3.8) is 0 Å². The average molecular weight is 487 g/mol. The van der Waals surface area contributed by atoms with Gasteiger partial charge in [-0.3, -0.25) is 4.79 Å². The molecule has 0 bridgehead atoms. The van der Waals surface area contributed by atoms with Gasteiger partial charge in [-0.15, -0.1) is 0 Å². The predicted molar refractivity (Wildman–Crippen MR) is 134 cm³/mol. The van der Waals surface area contributed by atoms with Crippen LogP contribution in [0.25, 0.3) is 12.2 Å². The number of fused-ring (bicyclic) bond motifs is 1. The van der Waals surface area contributed by atoms with Gasteiger partial charge in [0.05, 0.1) is 13.2 Å². The molecule has 184 valence electrons. The topological polar surface area (TPSA) is 87.2 Å². The first-order chi connectivity index (χ1) is 16.2. The van der Waals surface area contributed by atoms with Gasteiger partial charge in [0.25, 0.3) is 0 Å². The van der Waals surface area contributed by atoms with Crippen molar-refractivity contribution >= 4 is 28.1 Å². The molecule has 7 nitrogen and oxygen atoms in total. The summed E-state index contributed by atoms with van der Waals surface area (Å²) in [6, 6.07) is 14.2. The maximum Gasteiger partial charge on any atom is 0.247 e. The minimum absolute atomic E-state index is 0.00849. The number of ether oxygens (including phenoxy) is 1. The second kappa shape index (κ2) is 11.2. The van der Waals surface area contributed by atoms with Crippen molar-refractivity contribution in [1.29, 1.82) is 0 Å². The molecule has 0 aromatic heterocycles. The van der Waals surface area contributed by atoms with E-state index in [4.69, 9.17) is 4.74 Å². The van der Waals surface area contributed by atoms with Gasteiger partial charge in [0, 0.05) is 32.0 Å². The van der Waals surface area contributed by atoms with Crippen LogP contribution in [-0.4, -0.2) is 67.5 Å². The van der Waals surface area contributed by atoms with Gasteiger partial charge in [0.1, 0.15) is 16.7 Å². The van der Waals surface area contributed by atoms with Crippen LogP contribution < -0.4 is 4.74 Å². The van der Waals surface area contributed by atoms with Gasteiger partial charge in [-0.2, -0.15) is 4.31 Å². The fraction of sp³-hybridized carbons (Fsp3) is 0.423. The Bertz CT molecular complexity index is 1120. The van der Waals surface area contributed by atoms with E-state index in [0.717, 1.165) is 11.1 Å². The summed E-state index contributed by atoms with van der Waals surface area (Å²) in [5.74, 6) is 0.0256. The molecule has 1 aliphatic rings. The first-order valence-electron chi connectivity index (χ1n) is 11.6. The zero-order valence-corrected chi connectivity index (χ0v) is 21.0. The number of aliphatic hydroxyl groups excluding tert-OH is 1. The molecule has 8 heteroatoms. The molecule has 0 saturated heterocycles. The lowest BCUT2D eigenvalue weighted by Gasteiger charge is -2.37. The van der Waals surface area contributed by atoms with E-state index in [-0.39, 0.29) is 35.6 Å². The van der Waals surface area contributed by atoms with Crippen LogP contribution in [0.1, 0.15) is 38.3 Å². The lowest BCUT2D eigenvalue weighted by molar-refractivity contribution is -0.131. The number of likely N-dealkylation sites (N-methyl/N-ethyl adjacent to an activating group) is 1. The average Bonchev–Trinajstić information content (AvgIpc) is 2.84. The molecule has 3 atom stereocenters. The third-order valence-electron chi connectivity index (χ3n) is 6.14. The highest BCUT2D eigenvalue weighted by atomic mass is 32.2. The second-order valence-corrected chi connectivity index (χ2v) is 10.7. The third kappa shape index (κ3) is 5.87. The predicted octanol–water partition coefficient (Wildman–Crippen LogP) is 3.49. The van der Waals surface area contributed by atoms with Crippen molar-refractivity contribution in [2.45, 2.75) is 44.2 Å². The van der Waals surface area contributed by atoms with Gasteiger partial charge in [-0.1, -0.05) is 62.4 Å². The Morgan fingerprint density at radius 2 is 1.88 bits per heavy atom. The van der Waals surface area contributed by atoms with Gasteiger partial charge in [-0.25, -0.2) is 8.42 Å². The van der Waals surface area contributed by atoms with Gasteiger partial charge < -0.3 is 14.7 Å². The molecule has 3 rings (SSSR count). The van der Waals surface area contributed by atoms with Crippen LogP contribution >= 0.6 is 0 Å². The zero-order chi connectivity index (χ0) is 24.9. The summed E-state index contributed by atoms with van der Waals surface area (Å²) in [7, 11) is -2.17. The molecule has 0 aliphatic carbocycles. The van der Waals surface area contributed by atoms with Gasteiger partial charge in [-0.05, 0) is 30.2 Å². The van der Waals surface area contributed by atoms with E-state index in [1.807, 2.05) is 49.4 Å². The van der Waals surface area contributed by atoms with Crippen molar-refractivity contribution in [2.75, 3.05) is 26.7 Å². The molecular weight excluding hydrogens is 452 g/mol. The maximum atomic E-state index is 13.5. The quantitative estimate of drug-likeness (QED) is 0.606. The molecule has 0 spiro atoms. The molecule has 1 amide bonds. The fourth-order valence-corrected chi connectivity index (χ4v) is 5.79. The number of hydrogen-bond donors (Lipinski definition) is 1. The van der Waals surface area contributed by atoms with Crippen molar-refractivity contribution in [3.05, 3.63) is 59.7 Å². The summed E-state index contributed by atoms with van der Waals surface area (Å²) < 4.78 is 34.7. The minimum Gasteiger partial charge on any atom is -0.487 e. The molecule has 0 saturated carbocycles. The number of amides is 1. The summed E-state index contributed by atoms with van der Waals surface area (Å²) in [6.45, 7) is 5.62. The summed E-state index contributed by atoms with van der Waals surface area (Å²) in [6.07, 6.45) is 3.82. The van der Waals surface area contributed by atoms with Crippen LogP contribution in [0.15, 0.2) is 53.4 Å². The first-order valence-corrected chi connectivity index (χ1v) is 13.0. The van der Waals surface area contributed by atoms with E-state index in [2.05, 4.69) is 0 Å². The number of carbonyl (C=O) groups is 1. The van der Waals surface area contributed by atoms with E-state index < -0.39 is 22.2 Å². The highest BCUT2D eigenvalue weighted by molar-refractivity contribution is 7.89. The van der Waals surface area contributed by atoms with Crippen molar-refractivity contribution in [2.24, 2.45) is 5.92 Å². The number of carbonyl (C=O) groups excluding carboxylic acids is 1. The first kappa shape index (κ1) is 25.9. The summed E-state index contributed by atoms with van der Waals surface area (Å²) in [5.41, 5.74) is 1.82. The van der Waals surface area contributed by atoms with Crippen molar-refractivity contribution < 1.29 is 23.1 Å². The Morgan fingerprint density at radius 3 is 2.53 bits per heavy atom. The maximum absolute atomic E-state index is 13.5. The number of sulfonamides is 1. The van der Waals surface area contributed by atoms with Crippen LogP contribution in [0.5, 0.6) is 5.75 Å². The number of aliphatic hydroxyl groups is 1. The number of benzene rings is 2. The third-order valence-corrected chi connectivity index (χ3v) is 8.16. The molecule has 0 unspecified atom stereocenters. The standard InChI is InChI=1S/C26H34N2O5S/c1-5-26(30)27(4)17-24-19(2)16-28(20(3)18-29)34(31,32)25-14-13-22(15-23(25)33-24)12-11-21-9-7-6-8-10-21/h6-15,19-20,24,29H,5,16-18H2,1-4H3/b12-11+/t19-,20+,24-/m0/s1. The second-order valence-electron chi connectivity index (χ2n) is 8.82. The Morgan fingerprint density at radius 1 is 1.21 bits per heavy atom. The molecule has 34 heavy (non-hydrogen) atoms.